The normalized spacial score (nSPS) is 11.5. The Morgan fingerprint density at radius 2 is 1.71 bits per heavy atom. The lowest BCUT2D eigenvalue weighted by Crippen LogP contribution is -2.26. The van der Waals surface area contributed by atoms with Crippen LogP contribution in [0, 0.1) is 0 Å². The summed E-state index contributed by atoms with van der Waals surface area (Å²) in [6.07, 6.45) is 0. The van der Waals surface area contributed by atoms with E-state index in [1.54, 1.807) is 18.2 Å². The van der Waals surface area contributed by atoms with Gasteiger partial charge in [0.2, 0.25) is 5.95 Å². The number of hydrogen-bond acceptors (Lipinski definition) is 4. The van der Waals surface area contributed by atoms with Crippen LogP contribution in [0.15, 0.2) is 42.5 Å². The maximum Gasteiger partial charge on any atom is 0.258 e. The SMILES string of the molecule is CCOc1ccc(C(=O)Nc2nc3ccccc3n2C(C)(C)C)cc1OCC. The lowest BCUT2D eigenvalue weighted by atomic mass is 10.1. The molecule has 1 aromatic heterocycles. The minimum absolute atomic E-state index is 0.242. The number of benzene rings is 2. The van der Waals surface area contributed by atoms with Gasteiger partial charge in [0.25, 0.3) is 5.91 Å². The molecule has 3 rings (SSSR count). The molecule has 0 radical (unpaired) electrons. The molecule has 0 aliphatic rings. The van der Waals surface area contributed by atoms with Gasteiger partial charge in [-0.3, -0.25) is 10.1 Å². The van der Waals surface area contributed by atoms with Crippen molar-refractivity contribution in [3.63, 3.8) is 0 Å². The first kappa shape index (κ1) is 19.7. The van der Waals surface area contributed by atoms with Gasteiger partial charge in [-0.1, -0.05) is 12.1 Å². The first-order chi connectivity index (χ1) is 13.3. The molecular weight excluding hydrogens is 354 g/mol. The van der Waals surface area contributed by atoms with Crippen LogP contribution in [0.25, 0.3) is 11.0 Å². The van der Waals surface area contributed by atoms with E-state index in [1.165, 1.54) is 0 Å². The van der Waals surface area contributed by atoms with Crippen molar-refractivity contribution in [3.05, 3.63) is 48.0 Å². The van der Waals surface area contributed by atoms with Crippen molar-refractivity contribution in [1.29, 1.82) is 0 Å². The van der Waals surface area contributed by atoms with Gasteiger partial charge in [-0.05, 0) is 65.0 Å². The average molecular weight is 381 g/mol. The van der Waals surface area contributed by atoms with E-state index < -0.39 is 0 Å². The number of fused-ring (bicyclic) bond motifs is 1. The minimum Gasteiger partial charge on any atom is -0.490 e. The topological polar surface area (TPSA) is 65.4 Å². The lowest BCUT2D eigenvalue weighted by molar-refractivity contribution is 0.102. The molecule has 0 bridgehead atoms. The molecule has 1 heterocycles. The maximum atomic E-state index is 12.9. The number of nitrogens with one attached hydrogen (secondary N) is 1. The Labute approximate surface area is 165 Å². The Morgan fingerprint density at radius 3 is 2.39 bits per heavy atom. The van der Waals surface area contributed by atoms with Crippen molar-refractivity contribution in [1.82, 2.24) is 9.55 Å². The highest BCUT2D eigenvalue weighted by atomic mass is 16.5. The van der Waals surface area contributed by atoms with Gasteiger partial charge in [0.15, 0.2) is 11.5 Å². The van der Waals surface area contributed by atoms with E-state index in [4.69, 9.17) is 9.47 Å². The molecule has 2 aromatic carbocycles. The first-order valence-electron chi connectivity index (χ1n) is 9.54. The molecule has 0 aliphatic heterocycles. The number of hydrogen-bond donors (Lipinski definition) is 1. The number of nitrogens with zero attached hydrogens (tertiary/aromatic N) is 2. The standard InChI is InChI=1S/C22H27N3O3/c1-6-27-18-13-12-15(14-19(18)28-7-2)20(26)24-21-23-16-10-8-9-11-17(16)25(21)22(3,4)5/h8-14H,6-7H2,1-5H3,(H,23,24,26). The highest BCUT2D eigenvalue weighted by Gasteiger charge is 2.23. The van der Waals surface area contributed by atoms with E-state index in [-0.39, 0.29) is 11.4 Å². The van der Waals surface area contributed by atoms with Crippen LogP contribution in [0.4, 0.5) is 5.95 Å². The van der Waals surface area contributed by atoms with Gasteiger partial charge >= 0.3 is 0 Å². The molecule has 0 fully saturated rings. The Bertz CT molecular complexity index is 986. The molecule has 0 unspecified atom stereocenters. The number of imidazole rings is 1. The van der Waals surface area contributed by atoms with Gasteiger partial charge < -0.3 is 14.0 Å². The minimum atomic E-state index is -0.246. The van der Waals surface area contributed by atoms with E-state index in [9.17, 15) is 4.79 Å². The number of carbonyl (C=O) groups is 1. The predicted octanol–water partition coefficient (Wildman–Crippen LogP) is 4.84. The zero-order chi connectivity index (χ0) is 20.3. The molecule has 0 atom stereocenters. The Balaban J connectivity index is 1.96. The van der Waals surface area contributed by atoms with E-state index in [2.05, 4.69) is 31.1 Å². The molecule has 1 N–H and O–H groups in total. The smallest absolute Gasteiger partial charge is 0.258 e. The van der Waals surface area contributed by atoms with Crippen LogP contribution in [-0.2, 0) is 5.54 Å². The van der Waals surface area contributed by atoms with Gasteiger partial charge in [-0.15, -0.1) is 0 Å². The van der Waals surface area contributed by atoms with Crippen molar-refractivity contribution in [2.75, 3.05) is 18.5 Å². The number of rotatable bonds is 6. The lowest BCUT2D eigenvalue weighted by Gasteiger charge is -2.24. The highest BCUT2D eigenvalue weighted by Crippen LogP contribution is 2.30. The molecule has 6 nitrogen and oxygen atoms in total. The van der Waals surface area contributed by atoms with Crippen molar-refractivity contribution < 1.29 is 14.3 Å². The van der Waals surface area contributed by atoms with Crippen molar-refractivity contribution in [3.8, 4) is 11.5 Å². The molecule has 3 aromatic rings. The summed E-state index contributed by atoms with van der Waals surface area (Å²) in [5.41, 5.74) is 2.06. The van der Waals surface area contributed by atoms with Crippen LogP contribution >= 0.6 is 0 Å². The van der Waals surface area contributed by atoms with Crippen molar-refractivity contribution >= 4 is 22.9 Å². The fraction of sp³-hybridized carbons (Fsp3) is 0.364. The van der Waals surface area contributed by atoms with E-state index >= 15 is 0 Å². The van der Waals surface area contributed by atoms with Crippen LogP contribution in [0.1, 0.15) is 45.0 Å². The summed E-state index contributed by atoms with van der Waals surface area (Å²) >= 11 is 0. The Kier molecular flexibility index (Phi) is 5.58. The van der Waals surface area contributed by atoms with Crippen LogP contribution < -0.4 is 14.8 Å². The quantitative estimate of drug-likeness (QED) is 0.663. The van der Waals surface area contributed by atoms with E-state index in [0.29, 0.717) is 36.2 Å². The third-order valence-corrected chi connectivity index (χ3v) is 4.26. The van der Waals surface area contributed by atoms with Gasteiger partial charge in [0.05, 0.1) is 24.2 Å². The molecule has 0 spiro atoms. The molecule has 148 valence electrons. The maximum absolute atomic E-state index is 12.9. The summed E-state index contributed by atoms with van der Waals surface area (Å²) in [6, 6.07) is 13.1. The number of carbonyl (C=O) groups excluding carboxylic acids is 1. The van der Waals surface area contributed by atoms with Crippen LogP contribution in [0.3, 0.4) is 0 Å². The van der Waals surface area contributed by atoms with E-state index in [1.807, 2.05) is 42.7 Å². The van der Waals surface area contributed by atoms with Crippen molar-refractivity contribution in [2.45, 2.75) is 40.2 Å². The average Bonchev–Trinajstić information content (AvgIpc) is 3.01. The van der Waals surface area contributed by atoms with E-state index in [0.717, 1.165) is 11.0 Å². The molecule has 0 aliphatic carbocycles. The molecule has 0 saturated heterocycles. The second kappa shape index (κ2) is 7.92. The summed E-state index contributed by atoms with van der Waals surface area (Å²) in [4.78, 5) is 17.6. The Hall–Kier alpha value is -3.02. The number of aromatic nitrogens is 2. The summed E-state index contributed by atoms with van der Waals surface area (Å²) in [5.74, 6) is 1.46. The third-order valence-electron chi connectivity index (χ3n) is 4.26. The fourth-order valence-corrected chi connectivity index (χ4v) is 3.15. The fourth-order valence-electron chi connectivity index (χ4n) is 3.15. The van der Waals surface area contributed by atoms with Crippen LogP contribution in [-0.4, -0.2) is 28.7 Å². The molecule has 28 heavy (non-hydrogen) atoms. The van der Waals surface area contributed by atoms with Crippen LogP contribution in [0.5, 0.6) is 11.5 Å². The monoisotopic (exact) mass is 381 g/mol. The van der Waals surface area contributed by atoms with Crippen molar-refractivity contribution in [2.24, 2.45) is 0 Å². The predicted molar refractivity (Wildman–Crippen MR) is 111 cm³/mol. The number of anilines is 1. The van der Waals surface area contributed by atoms with Crippen LogP contribution in [0.2, 0.25) is 0 Å². The second-order valence-electron chi connectivity index (χ2n) is 7.41. The largest absolute Gasteiger partial charge is 0.490 e. The molecule has 1 amide bonds. The van der Waals surface area contributed by atoms with Gasteiger partial charge in [-0.2, -0.15) is 0 Å². The number of ether oxygens (including phenoxy) is 2. The molecular formula is C22H27N3O3. The second-order valence-corrected chi connectivity index (χ2v) is 7.41. The highest BCUT2D eigenvalue weighted by molar-refractivity contribution is 6.04. The first-order valence-corrected chi connectivity index (χ1v) is 9.54. The number of para-hydroxylation sites is 2. The molecule has 0 saturated carbocycles. The summed E-state index contributed by atoms with van der Waals surface area (Å²) in [5, 5.41) is 2.96. The zero-order valence-corrected chi connectivity index (χ0v) is 17.1. The summed E-state index contributed by atoms with van der Waals surface area (Å²) < 4.78 is 13.2. The third kappa shape index (κ3) is 3.96. The summed E-state index contributed by atoms with van der Waals surface area (Å²) in [7, 11) is 0. The van der Waals surface area contributed by atoms with Gasteiger partial charge in [0.1, 0.15) is 0 Å². The zero-order valence-electron chi connectivity index (χ0n) is 17.1. The van der Waals surface area contributed by atoms with Gasteiger partial charge in [0, 0.05) is 11.1 Å². The van der Waals surface area contributed by atoms with Gasteiger partial charge in [-0.25, -0.2) is 4.98 Å². The summed E-state index contributed by atoms with van der Waals surface area (Å²) in [6.45, 7) is 11.1. The Morgan fingerprint density at radius 1 is 1.04 bits per heavy atom. The molecule has 6 heteroatoms. The number of amides is 1.